The second-order valence-electron chi connectivity index (χ2n) is 5.19. The number of nitriles is 1. The van der Waals surface area contributed by atoms with Crippen molar-refractivity contribution < 1.29 is 4.74 Å². The van der Waals surface area contributed by atoms with E-state index < -0.39 is 0 Å². The van der Waals surface area contributed by atoms with E-state index in [1.807, 2.05) is 32.3 Å². The summed E-state index contributed by atoms with van der Waals surface area (Å²) < 4.78 is 6.44. The zero-order valence-corrected chi connectivity index (χ0v) is 13.7. The average molecular weight is 325 g/mol. The van der Waals surface area contributed by atoms with E-state index in [0.29, 0.717) is 0 Å². The Morgan fingerprint density at radius 2 is 1.95 bits per heavy atom. The molecule has 0 heterocycles. The molecule has 0 aromatic heterocycles. The summed E-state index contributed by atoms with van der Waals surface area (Å²) in [5.74, 6) is 1.02. The van der Waals surface area contributed by atoms with Crippen molar-refractivity contribution >= 4 is 15.9 Å². The van der Waals surface area contributed by atoms with Crippen molar-refractivity contribution in [3.8, 4) is 11.8 Å². The molecule has 1 rings (SSSR count). The van der Waals surface area contributed by atoms with Gasteiger partial charge in [0.05, 0.1) is 25.1 Å². The van der Waals surface area contributed by atoms with Crippen molar-refractivity contribution in [3.05, 3.63) is 28.2 Å². The molecular formula is C15H21BrN2O. The van der Waals surface area contributed by atoms with Crippen LogP contribution in [-0.4, -0.2) is 26.1 Å². The smallest absolute Gasteiger partial charge is 0.123 e. The lowest BCUT2D eigenvalue weighted by Crippen LogP contribution is -2.30. The van der Waals surface area contributed by atoms with Crippen LogP contribution in [0.15, 0.2) is 22.7 Å². The summed E-state index contributed by atoms with van der Waals surface area (Å²) in [6.45, 7) is 4.16. The minimum absolute atomic E-state index is 0.0115. The molecule has 2 atom stereocenters. The molecule has 1 aromatic rings. The average Bonchev–Trinajstić information content (AvgIpc) is 2.34. The Morgan fingerprint density at radius 1 is 1.32 bits per heavy atom. The van der Waals surface area contributed by atoms with Crippen LogP contribution < -0.4 is 4.74 Å². The van der Waals surface area contributed by atoms with Crippen LogP contribution in [0.4, 0.5) is 0 Å². The lowest BCUT2D eigenvalue weighted by Gasteiger charge is -2.32. The normalized spacial score (nSPS) is 14.3. The van der Waals surface area contributed by atoms with E-state index >= 15 is 0 Å². The highest BCUT2D eigenvalue weighted by Crippen LogP contribution is 2.38. The molecule has 4 heteroatoms. The predicted molar refractivity (Wildman–Crippen MR) is 81.1 cm³/mol. The van der Waals surface area contributed by atoms with Crippen LogP contribution in [-0.2, 0) is 0 Å². The molecule has 0 aliphatic rings. The standard InChI is InChI=1S/C15H21BrN2O/c1-10(2)13(9-17)15(18(3)4)12-8-11(16)6-7-14(12)19-5/h6-8,10,13,15H,1-5H3. The van der Waals surface area contributed by atoms with Gasteiger partial charge in [-0.05, 0) is 38.2 Å². The van der Waals surface area contributed by atoms with Gasteiger partial charge in [-0.1, -0.05) is 29.8 Å². The number of benzene rings is 1. The molecule has 1 aromatic carbocycles. The molecule has 0 spiro atoms. The van der Waals surface area contributed by atoms with Crippen LogP contribution in [0.5, 0.6) is 5.75 Å². The lowest BCUT2D eigenvalue weighted by molar-refractivity contribution is 0.205. The highest BCUT2D eigenvalue weighted by Gasteiger charge is 2.30. The summed E-state index contributed by atoms with van der Waals surface area (Å²) in [5.41, 5.74) is 1.04. The summed E-state index contributed by atoms with van der Waals surface area (Å²) in [5, 5.41) is 9.48. The van der Waals surface area contributed by atoms with E-state index in [4.69, 9.17) is 4.74 Å². The van der Waals surface area contributed by atoms with E-state index in [1.54, 1.807) is 7.11 Å². The van der Waals surface area contributed by atoms with Crippen LogP contribution in [0.2, 0.25) is 0 Å². The third-order valence-corrected chi connectivity index (χ3v) is 3.77. The molecule has 0 saturated carbocycles. The minimum atomic E-state index is -0.0850. The summed E-state index contributed by atoms with van der Waals surface area (Å²) in [4.78, 5) is 2.08. The molecule has 0 fully saturated rings. The predicted octanol–water partition coefficient (Wildman–Crippen LogP) is 3.86. The van der Waals surface area contributed by atoms with Gasteiger partial charge < -0.3 is 9.64 Å². The Morgan fingerprint density at radius 3 is 2.37 bits per heavy atom. The van der Waals surface area contributed by atoms with Gasteiger partial charge in [0.1, 0.15) is 5.75 Å². The van der Waals surface area contributed by atoms with Crippen LogP contribution >= 0.6 is 15.9 Å². The van der Waals surface area contributed by atoms with Gasteiger partial charge in [0.15, 0.2) is 0 Å². The Balaban J connectivity index is 3.34. The van der Waals surface area contributed by atoms with Gasteiger partial charge in [-0.15, -0.1) is 0 Å². The van der Waals surface area contributed by atoms with Gasteiger partial charge in [0.2, 0.25) is 0 Å². The van der Waals surface area contributed by atoms with Crippen LogP contribution in [0.1, 0.15) is 25.5 Å². The Bertz CT molecular complexity index is 466. The van der Waals surface area contributed by atoms with Gasteiger partial charge in [-0.2, -0.15) is 5.26 Å². The summed E-state index contributed by atoms with van der Waals surface area (Å²) >= 11 is 3.49. The molecule has 104 valence electrons. The Labute approximate surface area is 124 Å². The van der Waals surface area contributed by atoms with Gasteiger partial charge >= 0.3 is 0 Å². The second kappa shape index (κ2) is 6.93. The molecule has 0 aliphatic carbocycles. The van der Waals surface area contributed by atoms with Crippen molar-refractivity contribution in [1.82, 2.24) is 4.90 Å². The molecule has 3 nitrogen and oxygen atoms in total. The Kier molecular flexibility index (Phi) is 5.84. The molecule has 0 saturated heterocycles. The summed E-state index contributed by atoms with van der Waals surface area (Å²) in [7, 11) is 5.66. The fourth-order valence-corrected chi connectivity index (χ4v) is 2.69. The van der Waals surface area contributed by atoms with E-state index in [1.165, 1.54) is 0 Å². The first-order chi connectivity index (χ1) is 8.92. The van der Waals surface area contributed by atoms with Crippen molar-refractivity contribution in [2.75, 3.05) is 21.2 Å². The van der Waals surface area contributed by atoms with E-state index in [9.17, 15) is 5.26 Å². The number of ether oxygens (including phenoxy) is 1. The zero-order chi connectivity index (χ0) is 14.6. The van der Waals surface area contributed by atoms with Gasteiger partial charge in [0, 0.05) is 10.0 Å². The number of halogens is 1. The molecule has 0 radical (unpaired) electrons. The second-order valence-corrected chi connectivity index (χ2v) is 6.11. The highest BCUT2D eigenvalue weighted by molar-refractivity contribution is 9.10. The SMILES string of the molecule is COc1ccc(Br)cc1C(C(C#N)C(C)C)N(C)C. The number of methoxy groups -OCH3 is 1. The van der Waals surface area contributed by atoms with Crippen LogP contribution in [0.3, 0.4) is 0 Å². The number of hydrogen-bond donors (Lipinski definition) is 0. The minimum Gasteiger partial charge on any atom is -0.496 e. The summed E-state index contributed by atoms with van der Waals surface area (Å²) in [6, 6.07) is 8.37. The lowest BCUT2D eigenvalue weighted by atomic mass is 9.84. The van der Waals surface area contributed by atoms with Crippen molar-refractivity contribution in [2.24, 2.45) is 11.8 Å². The van der Waals surface area contributed by atoms with Gasteiger partial charge in [-0.25, -0.2) is 0 Å². The first-order valence-electron chi connectivity index (χ1n) is 6.31. The highest BCUT2D eigenvalue weighted by atomic mass is 79.9. The third kappa shape index (κ3) is 3.71. The first kappa shape index (κ1) is 16.0. The fourth-order valence-electron chi connectivity index (χ4n) is 2.31. The molecule has 2 unspecified atom stereocenters. The molecular weight excluding hydrogens is 304 g/mol. The van der Waals surface area contributed by atoms with Crippen molar-refractivity contribution in [3.63, 3.8) is 0 Å². The van der Waals surface area contributed by atoms with Crippen molar-refractivity contribution in [2.45, 2.75) is 19.9 Å². The van der Waals surface area contributed by atoms with Crippen LogP contribution in [0, 0.1) is 23.2 Å². The topological polar surface area (TPSA) is 36.3 Å². The van der Waals surface area contributed by atoms with Crippen LogP contribution in [0.25, 0.3) is 0 Å². The maximum atomic E-state index is 9.48. The zero-order valence-electron chi connectivity index (χ0n) is 12.1. The Hall–Kier alpha value is -1.05. The van der Waals surface area contributed by atoms with Gasteiger partial charge in [-0.3, -0.25) is 0 Å². The number of rotatable bonds is 5. The quantitative estimate of drug-likeness (QED) is 0.825. The number of hydrogen-bond acceptors (Lipinski definition) is 3. The maximum Gasteiger partial charge on any atom is 0.123 e. The molecule has 0 amide bonds. The van der Waals surface area contributed by atoms with Crippen molar-refractivity contribution in [1.29, 1.82) is 5.26 Å². The summed E-state index contributed by atoms with van der Waals surface area (Å²) in [6.07, 6.45) is 0. The molecule has 0 aliphatic heterocycles. The monoisotopic (exact) mass is 324 g/mol. The molecule has 0 bridgehead atoms. The third-order valence-electron chi connectivity index (χ3n) is 3.27. The maximum absolute atomic E-state index is 9.48. The molecule has 19 heavy (non-hydrogen) atoms. The van der Waals surface area contributed by atoms with E-state index in [-0.39, 0.29) is 17.9 Å². The van der Waals surface area contributed by atoms with Gasteiger partial charge in [0.25, 0.3) is 0 Å². The fraction of sp³-hybridized carbons (Fsp3) is 0.533. The largest absolute Gasteiger partial charge is 0.496 e. The number of nitrogens with zero attached hydrogens (tertiary/aromatic N) is 2. The van der Waals surface area contributed by atoms with E-state index in [0.717, 1.165) is 15.8 Å². The first-order valence-corrected chi connectivity index (χ1v) is 7.11. The molecule has 0 N–H and O–H groups in total. The van der Waals surface area contributed by atoms with E-state index in [2.05, 4.69) is 40.7 Å².